The van der Waals surface area contributed by atoms with E-state index >= 15 is 0 Å². The lowest BCUT2D eigenvalue weighted by Crippen LogP contribution is -1.90. The van der Waals surface area contributed by atoms with E-state index in [4.69, 9.17) is 11.6 Å². The summed E-state index contributed by atoms with van der Waals surface area (Å²) in [7, 11) is 0. The van der Waals surface area contributed by atoms with Crippen LogP contribution in [0.15, 0.2) is 0 Å². The Morgan fingerprint density at radius 3 is 2.33 bits per heavy atom. The zero-order valence-electron chi connectivity index (χ0n) is 4.24. The highest BCUT2D eigenvalue weighted by Gasteiger charge is 1.92. The minimum atomic E-state index is 0.282. The van der Waals surface area contributed by atoms with Crippen molar-refractivity contribution in [3.05, 3.63) is 6.42 Å². The molecule has 0 saturated heterocycles. The van der Waals surface area contributed by atoms with Crippen LogP contribution in [0.1, 0.15) is 20.3 Å². The van der Waals surface area contributed by atoms with E-state index in [1.807, 2.05) is 13.3 Å². The molecule has 0 spiro atoms. The van der Waals surface area contributed by atoms with Gasteiger partial charge in [0, 0.05) is 5.38 Å². The molecule has 0 aliphatic rings. The zero-order valence-corrected chi connectivity index (χ0v) is 5.00. The summed E-state index contributed by atoms with van der Waals surface area (Å²) in [5, 5.41) is 0.282. The molecular weight excluding hydrogens is 95.5 g/mol. The van der Waals surface area contributed by atoms with Crippen molar-refractivity contribution in [3.8, 4) is 0 Å². The van der Waals surface area contributed by atoms with E-state index in [-0.39, 0.29) is 5.38 Å². The summed E-state index contributed by atoms with van der Waals surface area (Å²) >= 11 is 5.59. The van der Waals surface area contributed by atoms with Crippen molar-refractivity contribution in [1.82, 2.24) is 0 Å². The summed E-state index contributed by atoms with van der Waals surface area (Å²) in [6, 6.07) is 0. The van der Waals surface area contributed by atoms with Gasteiger partial charge >= 0.3 is 0 Å². The summed E-state index contributed by atoms with van der Waals surface area (Å²) in [6.07, 6.45) is 3.03. The molecule has 0 N–H and O–H groups in total. The minimum absolute atomic E-state index is 0.282. The number of rotatable bonds is 2. The predicted molar refractivity (Wildman–Crippen MR) is 29.9 cm³/mol. The van der Waals surface area contributed by atoms with Crippen LogP contribution in [0, 0.1) is 6.42 Å². The van der Waals surface area contributed by atoms with Crippen molar-refractivity contribution in [2.75, 3.05) is 0 Å². The summed E-state index contributed by atoms with van der Waals surface area (Å²) in [4.78, 5) is 0. The highest BCUT2D eigenvalue weighted by Crippen LogP contribution is 2.02. The molecule has 0 aromatic rings. The maximum absolute atomic E-state index is 5.59. The fraction of sp³-hybridized carbons (Fsp3) is 0.800. The Bertz CT molecular complexity index is 23.1. The van der Waals surface area contributed by atoms with Gasteiger partial charge in [-0.3, -0.25) is 0 Å². The number of hydrogen-bond donors (Lipinski definition) is 0. The maximum Gasteiger partial charge on any atom is 0.0362 e. The minimum Gasteiger partial charge on any atom is -0.123 e. The number of halogens is 1. The van der Waals surface area contributed by atoms with Gasteiger partial charge in [-0.25, -0.2) is 0 Å². The standard InChI is InChI=1S/C5H10Cl/c1-3-5(6)4-2/h3,5H,4H2,1-2H3. The Balaban J connectivity index is 2.75. The van der Waals surface area contributed by atoms with E-state index in [1.54, 1.807) is 0 Å². The van der Waals surface area contributed by atoms with Crippen LogP contribution in [-0.4, -0.2) is 5.38 Å². The molecule has 0 aromatic heterocycles. The van der Waals surface area contributed by atoms with Crippen LogP contribution in [0.3, 0.4) is 0 Å². The summed E-state index contributed by atoms with van der Waals surface area (Å²) in [5.41, 5.74) is 0. The van der Waals surface area contributed by atoms with E-state index in [2.05, 4.69) is 6.92 Å². The molecule has 0 bridgehead atoms. The Labute approximate surface area is 44.5 Å². The molecule has 0 aromatic carbocycles. The molecule has 0 heterocycles. The van der Waals surface area contributed by atoms with E-state index in [9.17, 15) is 0 Å². The fourth-order valence-electron chi connectivity index (χ4n) is 0.236. The van der Waals surface area contributed by atoms with Gasteiger partial charge in [0.05, 0.1) is 0 Å². The predicted octanol–water partition coefficient (Wildman–Crippen LogP) is 2.23. The third kappa shape index (κ3) is 2.52. The quantitative estimate of drug-likeness (QED) is 0.473. The van der Waals surface area contributed by atoms with Crippen molar-refractivity contribution in [2.24, 2.45) is 0 Å². The first-order valence-electron chi connectivity index (χ1n) is 2.24. The SMILES string of the molecule is C[CH]C(Cl)CC. The normalized spacial score (nSPS) is 10.0. The van der Waals surface area contributed by atoms with E-state index in [0.29, 0.717) is 0 Å². The van der Waals surface area contributed by atoms with E-state index in [1.165, 1.54) is 0 Å². The maximum atomic E-state index is 5.59. The van der Waals surface area contributed by atoms with Gasteiger partial charge in [0.15, 0.2) is 0 Å². The first-order valence-corrected chi connectivity index (χ1v) is 2.68. The van der Waals surface area contributed by atoms with Gasteiger partial charge in [0.2, 0.25) is 0 Å². The molecule has 0 nitrogen and oxygen atoms in total. The number of alkyl halides is 1. The lowest BCUT2D eigenvalue weighted by atomic mass is 10.3. The van der Waals surface area contributed by atoms with Crippen LogP contribution in [0.4, 0.5) is 0 Å². The average Bonchev–Trinajstić information content (AvgIpc) is 1.65. The molecule has 1 atom stereocenters. The van der Waals surface area contributed by atoms with Crippen LogP contribution >= 0.6 is 11.6 Å². The van der Waals surface area contributed by atoms with Gasteiger partial charge in [-0.05, 0) is 12.8 Å². The first-order chi connectivity index (χ1) is 2.81. The monoisotopic (exact) mass is 105 g/mol. The van der Waals surface area contributed by atoms with Crippen molar-refractivity contribution in [2.45, 2.75) is 25.6 Å². The van der Waals surface area contributed by atoms with Gasteiger partial charge in [0.1, 0.15) is 0 Å². The fourth-order valence-corrected chi connectivity index (χ4v) is 0.236. The van der Waals surface area contributed by atoms with E-state index in [0.717, 1.165) is 6.42 Å². The molecule has 1 heteroatoms. The Hall–Kier alpha value is 0.290. The third-order valence-corrected chi connectivity index (χ3v) is 1.31. The van der Waals surface area contributed by atoms with Crippen molar-refractivity contribution in [3.63, 3.8) is 0 Å². The Kier molecular flexibility index (Phi) is 3.65. The molecule has 6 heavy (non-hydrogen) atoms. The van der Waals surface area contributed by atoms with Crippen molar-refractivity contribution in [1.29, 1.82) is 0 Å². The number of hydrogen-bond acceptors (Lipinski definition) is 0. The van der Waals surface area contributed by atoms with Gasteiger partial charge in [-0.1, -0.05) is 13.8 Å². The second-order valence-electron chi connectivity index (χ2n) is 1.26. The molecule has 1 unspecified atom stereocenters. The molecule has 0 fully saturated rings. The zero-order chi connectivity index (χ0) is 4.99. The van der Waals surface area contributed by atoms with Gasteiger partial charge in [0.25, 0.3) is 0 Å². The smallest absolute Gasteiger partial charge is 0.0362 e. The van der Waals surface area contributed by atoms with Crippen LogP contribution in [-0.2, 0) is 0 Å². The van der Waals surface area contributed by atoms with Crippen molar-refractivity contribution >= 4 is 11.6 Å². The van der Waals surface area contributed by atoms with Gasteiger partial charge < -0.3 is 0 Å². The molecule has 1 radical (unpaired) electrons. The Morgan fingerprint density at radius 1 is 1.83 bits per heavy atom. The van der Waals surface area contributed by atoms with Crippen molar-refractivity contribution < 1.29 is 0 Å². The largest absolute Gasteiger partial charge is 0.123 e. The molecule has 0 amide bonds. The third-order valence-electron chi connectivity index (χ3n) is 0.752. The molecule has 0 saturated carbocycles. The second-order valence-corrected chi connectivity index (χ2v) is 1.82. The molecular formula is C5H10Cl. The average molecular weight is 106 g/mol. The first kappa shape index (κ1) is 6.29. The van der Waals surface area contributed by atoms with Crippen LogP contribution < -0.4 is 0 Å². The highest BCUT2D eigenvalue weighted by atomic mass is 35.5. The highest BCUT2D eigenvalue weighted by molar-refractivity contribution is 6.21. The Morgan fingerprint density at radius 2 is 2.33 bits per heavy atom. The molecule has 0 rings (SSSR count). The summed E-state index contributed by atoms with van der Waals surface area (Å²) < 4.78 is 0. The van der Waals surface area contributed by atoms with Gasteiger partial charge in [-0.15, -0.1) is 11.6 Å². The molecule has 0 aliphatic carbocycles. The lowest BCUT2D eigenvalue weighted by Gasteiger charge is -1.95. The summed E-state index contributed by atoms with van der Waals surface area (Å²) in [6.45, 7) is 4.04. The van der Waals surface area contributed by atoms with Gasteiger partial charge in [-0.2, -0.15) is 0 Å². The molecule has 37 valence electrons. The van der Waals surface area contributed by atoms with Crippen LogP contribution in [0.5, 0.6) is 0 Å². The molecule has 0 aliphatic heterocycles. The van der Waals surface area contributed by atoms with Crippen LogP contribution in [0.2, 0.25) is 0 Å². The van der Waals surface area contributed by atoms with Crippen LogP contribution in [0.25, 0.3) is 0 Å². The van der Waals surface area contributed by atoms with E-state index < -0.39 is 0 Å². The second kappa shape index (κ2) is 3.48. The summed E-state index contributed by atoms with van der Waals surface area (Å²) in [5.74, 6) is 0. The topological polar surface area (TPSA) is 0 Å². The lowest BCUT2D eigenvalue weighted by molar-refractivity contribution is 0.910.